The summed E-state index contributed by atoms with van der Waals surface area (Å²) in [4.78, 5) is 24.7. The number of carbonyl (C=O) groups is 2. The van der Waals surface area contributed by atoms with E-state index < -0.39 is 5.97 Å². The second kappa shape index (κ2) is 6.10. The van der Waals surface area contributed by atoms with Crippen molar-refractivity contribution in [2.45, 2.75) is 12.5 Å². The Hall–Kier alpha value is -2.48. The first kappa shape index (κ1) is 14.5. The summed E-state index contributed by atoms with van der Waals surface area (Å²) in [5.41, 5.74) is 0.929. The largest absolute Gasteiger partial charge is 0.476 e. The van der Waals surface area contributed by atoms with Crippen molar-refractivity contribution in [3.05, 3.63) is 40.4 Å². The van der Waals surface area contributed by atoms with Gasteiger partial charge in [-0.25, -0.2) is 9.48 Å². The smallest absolute Gasteiger partial charge is 0.358 e. The number of nitrogens with zero attached hydrogens (tertiary/aromatic N) is 4. The van der Waals surface area contributed by atoms with Crippen molar-refractivity contribution in [2.24, 2.45) is 0 Å². The summed E-state index contributed by atoms with van der Waals surface area (Å²) in [6.45, 7) is 1.13. The Bertz CT molecular complexity index is 708. The lowest BCUT2D eigenvalue weighted by Crippen LogP contribution is -2.27. The standard InChI is InChI=1S/C14H14N4O3S/c19-13(2-1-10-4-6-22-9-10)17-5-3-11(7-17)18-8-12(14(20)21)15-16-18/h1-2,4,6,8-9,11H,3,5,7H2,(H,20,21)/b2-1+. The summed E-state index contributed by atoms with van der Waals surface area (Å²) in [5, 5.41) is 20.2. The Kier molecular flexibility index (Phi) is 4.01. The van der Waals surface area contributed by atoms with Crippen LogP contribution in [0, 0.1) is 0 Å². The SMILES string of the molecule is O=C(O)c1cn(C2CCN(C(=O)/C=C/c3ccsc3)C2)nn1. The first-order chi connectivity index (χ1) is 10.6. The molecule has 1 aliphatic rings. The molecular weight excluding hydrogens is 304 g/mol. The third-order valence-corrected chi connectivity index (χ3v) is 4.24. The van der Waals surface area contributed by atoms with Gasteiger partial charge in [-0.2, -0.15) is 11.3 Å². The molecule has 8 heteroatoms. The Morgan fingerprint density at radius 2 is 2.32 bits per heavy atom. The van der Waals surface area contributed by atoms with Crippen molar-refractivity contribution in [3.63, 3.8) is 0 Å². The monoisotopic (exact) mass is 318 g/mol. The van der Waals surface area contributed by atoms with Gasteiger partial charge in [-0.15, -0.1) is 5.10 Å². The minimum atomic E-state index is -1.10. The number of carbonyl (C=O) groups excluding carboxylic acids is 1. The molecule has 0 bridgehead atoms. The lowest BCUT2D eigenvalue weighted by Gasteiger charge is -2.14. The number of aromatic carboxylic acids is 1. The molecule has 0 saturated carbocycles. The molecule has 1 fully saturated rings. The number of hydrogen-bond acceptors (Lipinski definition) is 5. The molecule has 1 amide bonds. The third kappa shape index (κ3) is 3.06. The zero-order valence-electron chi connectivity index (χ0n) is 11.6. The molecule has 1 N–H and O–H groups in total. The van der Waals surface area contributed by atoms with Crippen LogP contribution in [0.15, 0.2) is 29.1 Å². The minimum Gasteiger partial charge on any atom is -0.476 e. The van der Waals surface area contributed by atoms with E-state index in [4.69, 9.17) is 5.11 Å². The Balaban J connectivity index is 1.61. The van der Waals surface area contributed by atoms with Gasteiger partial charge in [-0.3, -0.25) is 4.79 Å². The maximum absolute atomic E-state index is 12.1. The van der Waals surface area contributed by atoms with Gasteiger partial charge in [-0.05, 0) is 34.9 Å². The highest BCUT2D eigenvalue weighted by molar-refractivity contribution is 7.08. The lowest BCUT2D eigenvalue weighted by molar-refractivity contribution is -0.125. The van der Waals surface area contributed by atoms with Gasteiger partial charge in [0.05, 0.1) is 12.2 Å². The van der Waals surface area contributed by atoms with Crippen molar-refractivity contribution in [2.75, 3.05) is 13.1 Å². The minimum absolute atomic E-state index is 0.0286. The van der Waals surface area contributed by atoms with E-state index in [2.05, 4.69) is 10.3 Å². The molecule has 3 heterocycles. The van der Waals surface area contributed by atoms with Crippen LogP contribution in [0.2, 0.25) is 0 Å². The maximum atomic E-state index is 12.1. The molecule has 22 heavy (non-hydrogen) atoms. The molecule has 0 radical (unpaired) electrons. The van der Waals surface area contributed by atoms with Crippen LogP contribution >= 0.6 is 11.3 Å². The van der Waals surface area contributed by atoms with E-state index >= 15 is 0 Å². The highest BCUT2D eigenvalue weighted by atomic mass is 32.1. The molecule has 2 aromatic rings. The molecule has 1 saturated heterocycles. The fraction of sp³-hybridized carbons (Fsp3) is 0.286. The van der Waals surface area contributed by atoms with Crippen molar-refractivity contribution < 1.29 is 14.7 Å². The van der Waals surface area contributed by atoms with Crippen LogP contribution in [-0.2, 0) is 4.79 Å². The van der Waals surface area contributed by atoms with E-state index in [1.54, 1.807) is 28.4 Å². The number of thiophene rings is 1. The van der Waals surface area contributed by atoms with Gasteiger partial charge in [-0.1, -0.05) is 5.21 Å². The summed E-state index contributed by atoms with van der Waals surface area (Å²) in [6, 6.07) is 1.92. The molecule has 3 rings (SSSR count). The number of likely N-dealkylation sites (tertiary alicyclic amines) is 1. The van der Waals surface area contributed by atoms with Crippen LogP contribution in [0.1, 0.15) is 28.5 Å². The molecule has 0 spiro atoms. The summed E-state index contributed by atoms with van der Waals surface area (Å²) in [7, 11) is 0. The number of carboxylic acid groups (broad SMARTS) is 1. The second-order valence-electron chi connectivity index (χ2n) is 5.01. The zero-order chi connectivity index (χ0) is 15.5. The molecule has 1 aliphatic heterocycles. The third-order valence-electron chi connectivity index (χ3n) is 3.54. The Labute approximate surface area is 130 Å². The number of hydrogen-bond donors (Lipinski definition) is 1. The Morgan fingerprint density at radius 3 is 3.00 bits per heavy atom. The quantitative estimate of drug-likeness (QED) is 0.864. The van der Waals surface area contributed by atoms with E-state index in [1.807, 2.05) is 16.8 Å². The number of aromatic nitrogens is 3. The van der Waals surface area contributed by atoms with E-state index in [9.17, 15) is 9.59 Å². The normalized spacial score (nSPS) is 18.2. The van der Waals surface area contributed by atoms with Crippen LogP contribution < -0.4 is 0 Å². The maximum Gasteiger partial charge on any atom is 0.358 e. The summed E-state index contributed by atoms with van der Waals surface area (Å²) >= 11 is 1.58. The fourth-order valence-corrected chi connectivity index (χ4v) is 2.98. The number of amides is 1. The first-order valence-electron chi connectivity index (χ1n) is 6.78. The van der Waals surface area contributed by atoms with Crippen molar-refractivity contribution in [1.82, 2.24) is 19.9 Å². The molecule has 1 atom stereocenters. The molecule has 1 unspecified atom stereocenters. The van der Waals surface area contributed by atoms with Crippen molar-refractivity contribution in [3.8, 4) is 0 Å². The van der Waals surface area contributed by atoms with E-state index in [0.29, 0.717) is 13.1 Å². The molecular formula is C14H14N4O3S. The van der Waals surface area contributed by atoms with E-state index in [-0.39, 0.29) is 17.6 Å². The van der Waals surface area contributed by atoms with Gasteiger partial charge in [0.1, 0.15) is 0 Å². The van der Waals surface area contributed by atoms with E-state index in [1.165, 1.54) is 10.9 Å². The van der Waals surface area contributed by atoms with Crippen LogP contribution in [0.4, 0.5) is 0 Å². The van der Waals surface area contributed by atoms with Crippen LogP contribution in [0.3, 0.4) is 0 Å². The summed E-state index contributed by atoms with van der Waals surface area (Å²) < 4.78 is 1.53. The van der Waals surface area contributed by atoms with Crippen LogP contribution in [0.5, 0.6) is 0 Å². The molecule has 0 aromatic carbocycles. The first-order valence-corrected chi connectivity index (χ1v) is 7.72. The Morgan fingerprint density at radius 1 is 1.45 bits per heavy atom. The van der Waals surface area contributed by atoms with Crippen molar-refractivity contribution in [1.29, 1.82) is 0 Å². The molecule has 0 aliphatic carbocycles. The van der Waals surface area contributed by atoms with Gasteiger partial charge >= 0.3 is 5.97 Å². The number of carboxylic acids is 1. The van der Waals surface area contributed by atoms with Gasteiger partial charge in [0.15, 0.2) is 5.69 Å². The van der Waals surface area contributed by atoms with Crippen LogP contribution in [0.25, 0.3) is 6.08 Å². The molecule has 2 aromatic heterocycles. The molecule has 7 nitrogen and oxygen atoms in total. The van der Waals surface area contributed by atoms with Gasteiger partial charge < -0.3 is 10.0 Å². The predicted molar refractivity (Wildman–Crippen MR) is 80.6 cm³/mol. The number of rotatable bonds is 4. The van der Waals surface area contributed by atoms with Gasteiger partial charge in [0.25, 0.3) is 0 Å². The average molecular weight is 318 g/mol. The van der Waals surface area contributed by atoms with Gasteiger partial charge in [0, 0.05) is 19.2 Å². The summed E-state index contributed by atoms with van der Waals surface area (Å²) in [6.07, 6.45) is 5.50. The predicted octanol–water partition coefficient (Wildman–Crippen LogP) is 1.52. The average Bonchev–Trinajstić information content (AvgIpc) is 3.23. The summed E-state index contributed by atoms with van der Waals surface area (Å²) in [5.74, 6) is -1.15. The highest BCUT2D eigenvalue weighted by Crippen LogP contribution is 2.21. The van der Waals surface area contributed by atoms with E-state index in [0.717, 1.165) is 12.0 Å². The highest BCUT2D eigenvalue weighted by Gasteiger charge is 2.27. The van der Waals surface area contributed by atoms with Crippen molar-refractivity contribution >= 4 is 29.3 Å². The molecule has 114 valence electrons. The topological polar surface area (TPSA) is 88.3 Å². The zero-order valence-corrected chi connectivity index (χ0v) is 12.4. The van der Waals surface area contributed by atoms with Gasteiger partial charge in [0.2, 0.25) is 5.91 Å². The second-order valence-corrected chi connectivity index (χ2v) is 5.79. The van der Waals surface area contributed by atoms with Crippen LogP contribution in [-0.4, -0.2) is 50.0 Å². The fourth-order valence-electron chi connectivity index (χ4n) is 2.35. The lowest BCUT2D eigenvalue weighted by atomic mass is 10.3.